The Morgan fingerprint density at radius 3 is 2.53 bits per heavy atom. The number of nitrogens with zero attached hydrogens (tertiary/aromatic N) is 1. The molecule has 1 amide bonds. The minimum atomic E-state index is -0.443. The molecule has 0 atom stereocenters. The number of nitrogens with one attached hydrogen (secondary N) is 1. The zero-order chi connectivity index (χ0) is 22.7. The number of amides is 1. The summed E-state index contributed by atoms with van der Waals surface area (Å²) in [5.41, 5.74) is 2.40. The van der Waals surface area contributed by atoms with E-state index < -0.39 is 5.91 Å². The number of hydrogen-bond acceptors (Lipinski definition) is 6. The van der Waals surface area contributed by atoms with E-state index in [1.54, 1.807) is 13.0 Å². The fourth-order valence-electron chi connectivity index (χ4n) is 3.83. The molecule has 0 bridgehead atoms. The molecule has 170 valence electrons. The highest BCUT2D eigenvalue weighted by Crippen LogP contribution is 2.40. The molecule has 2 heterocycles. The lowest BCUT2D eigenvalue weighted by molar-refractivity contribution is 0.0997. The van der Waals surface area contributed by atoms with Crippen molar-refractivity contribution in [1.29, 1.82) is 0 Å². The van der Waals surface area contributed by atoms with Crippen LogP contribution in [-0.4, -0.2) is 45.4 Å². The molecule has 1 aliphatic heterocycles. The molecule has 0 unspecified atom stereocenters. The third-order valence-corrected chi connectivity index (χ3v) is 5.37. The van der Waals surface area contributed by atoms with E-state index in [-0.39, 0.29) is 11.6 Å². The van der Waals surface area contributed by atoms with Crippen LogP contribution in [0.15, 0.2) is 34.7 Å². The van der Waals surface area contributed by atoms with Gasteiger partial charge in [0.1, 0.15) is 22.9 Å². The molecule has 7 nitrogen and oxygen atoms in total. The molecule has 3 aromatic rings. The van der Waals surface area contributed by atoms with Crippen molar-refractivity contribution in [3.05, 3.63) is 47.5 Å². The molecule has 0 aliphatic carbocycles. The summed E-state index contributed by atoms with van der Waals surface area (Å²) in [6.45, 7) is 9.20. The quantitative estimate of drug-likeness (QED) is 0.568. The van der Waals surface area contributed by atoms with Crippen molar-refractivity contribution in [1.82, 2.24) is 0 Å². The Labute approximate surface area is 186 Å². The Morgan fingerprint density at radius 1 is 1.09 bits per heavy atom. The first-order valence-electron chi connectivity index (χ1n) is 10.8. The highest BCUT2D eigenvalue weighted by Gasteiger charge is 2.23. The maximum atomic E-state index is 13.6. The van der Waals surface area contributed by atoms with Gasteiger partial charge in [-0.05, 0) is 39.0 Å². The van der Waals surface area contributed by atoms with Gasteiger partial charge in [-0.1, -0.05) is 0 Å². The van der Waals surface area contributed by atoms with Crippen LogP contribution in [0.5, 0.6) is 11.5 Å². The molecule has 1 fully saturated rings. The van der Waals surface area contributed by atoms with Crippen LogP contribution >= 0.6 is 0 Å². The zero-order valence-electron chi connectivity index (χ0n) is 18.5. The third-order valence-electron chi connectivity index (χ3n) is 5.37. The summed E-state index contributed by atoms with van der Waals surface area (Å²) in [5, 5.41) is 3.45. The van der Waals surface area contributed by atoms with Crippen molar-refractivity contribution < 1.29 is 27.8 Å². The van der Waals surface area contributed by atoms with Gasteiger partial charge >= 0.3 is 0 Å². The standard InChI is InChI=1S/C24H27FN2O5/c1-4-30-21-14-19(27-8-10-29-11-9-27)22(31-5-2)13-18(21)26-24(28)23-15(3)17-12-16(25)6-7-20(17)32-23/h6-7,12-14H,4-5,8-11H2,1-3H3,(H,26,28). The molecule has 2 aromatic carbocycles. The number of ether oxygens (including phenoxy) is 3. The minimum absolute atomic E-state index is 0.128. The maximum absolute atomic E-state index is 13.6. The van der Waals surface area contributed by atoms with Gasteiger partial charge in [-0.15, -0.1) is 0 Å². The number of benzene rings is 2. The summed E-state index contributed by atoms with van der Waals surface area (Å²) >= 11 is 0. The predicted octanol–water partition coefficient (Wildman–Crippen LogP) is 4.77. The van der Waals surface area contributed by atoms with Gasteiger partial charge in [0.2, 0.25) is 0 Å². The van der Waals surface area contributed by atoms with Crippen molar-refractivity contribution in [2.45, 2.75) is 20.8 Å². The zero-order valence-corrected chi connectivity index (χ0v) is 18.5. The fraction of sp³-hybridized carbons (Fsp3) is 0.375. The summed E-state index contributed by atoms with van der Waals surface area (Å²) in [6, 6.07) is 7.84. The summed E-state index contributed by atoms with van der Waals surface area (Å²) in [6.07, 6.45) is 0. The fourth-order valence-corrected chi connectivity index (χ4v) is 3.83. The van der Waals surface area contributed by atoms with Gasteiger partial charge in [-0.2, -0.15) is 0 Å². The van der Waals surface area contributed by atoms with E-state index in [4.69, 9.17) is 18.6 Å². The minimum Gasteiger partial charge on any atom is -0.492 e. The SMILES string of the molecule is CCOc1cc(N2CCOCC2)c(OCC)cc1NC(=O)c1oc2ccc(F)cc2c1C. The number of furan rings is 1. The van der Waals surface area contributed by atoms with Crippen LogP contribution in [0.2, 0.25) is 0 Å². The molecule has 4 rings (SSSR count). The van der Waals surface area contributed by atoms with Crippen LogP contribution in [-0.2, 0) is 4.74 Å². The van der Waals surface area contributed by atoms with Crippen molar-refractivity contribution >= 4 is 28.3 Å². The number of aryl methyl sites for hydroxylation is 1. The van der Waals surface area contributed by atoms with E-state index in [9.17, 15) is 9.18 Å². The van der Waals surface area contributed by atoms with E-state index in [2.05, 4.69) is 10.2 Å². The first-order valence-corrected chi connectivity index (χ1v) is 10.8. The van der Waals surface area contributed by atoms with E-state index >= 15 is 0 Å². The molecule has 32 heavy (non-hydrogen) atoms. The van der Waals surface area contributed by atoms with Gasteiger partial charge in [-0.3, -0.25) is 4.79 Å². The molecular formula is C24H27FN2O5. The monoisotopic (exact) mass is 442 g/mol. The number of hydrogen-bond donors (Lipinski definition) is 1. The molecule has 8 heteroatoms. The van der Waals surface area contributed by atoms with Crippen molar-refractivity contribution in [3.63, 3.8) is 0 Å². The van der Waals surface area contributed by atoms with E-state index in [0.29, 0.717) is 60.1 Å². The molecule has 1 aliphatic rings. The highest BCUT2D eigenvalue weighted by molar-refractivity contribution is 6.07. The maximum Gasteiger partial charge on any atom is 0.291 e. The lowest BCUT2D eigenvalue weighted by atomic mass is 10.1. The van der Waals surface area contributed by atoms with Gasteiger partial charge in [0.25, 0.3) is 5.91 Å². The topological polar surface area (TPSA) is 73.2 Å². The molecular weight excluding hydrogens is 415 g/mol. The van der Waals surface area contributed by atoms with Gasteiger partial charge < -0.3 is 28.8 Å². The summed E-state index contributed by atoms with van der Waals surface area (Å²) in [4.78, 5) is 15.3. The number of rotatable bonds is 7. The van der Waals surface area contributed by atoms with E-state index in [0.717, 1.165) is 18.8 Å². The van der Waals surface area contributed by atoms with Crippen molar-refractivity contribution in [2.75, 3.05) is 49.7 Å². The van der Waals surface area contributed by atoms with Gasteiger partial charge in [-0.25, -0.2) is 4.39 Å². The number of carbonyl (C=O) groups excluding carboxylic acids is 1. The molecule has 0 saturated carbocycles. The second kappa shape index (κ2) is 9.48. The smallest absolute Gasteiger partial charge is 0.291 e. The second-order valence-electron chi connectivity index (χ2n) is 7.43. The van der Waals surface area contributed by atoms with Gasteiger partial charge in [0, 0.05) is 36.2 Å². The van der Waals surface area contributed by atoms with Crippen molar-refractivity contribution in [3.8, 4) is 11.5 Å². The van der Waals surface area contributed by atoms with E-state index in [1.165, 1.54) is 18.2 Å². The number of morpholine rings is 1. The Morgan fingerprint density at radius 2 is 1.81 bits per heavy atom. The summed E-state index contributed by atoms with van der Waals surface area (Å²) in [7, 11) is 0. The Hall–Kier alpha value is -3.26. The summed E-state index contributed by atoms with van der Waals surface area (Å²) < 4.78 is 36.5. The lowest BCUT2D eigenvalue weighted by Gasteiger charge is -2.31. The normalized spacial score (nSPS) is 13.9. The van der Waals surface area contributed by atoms with Crippen LogP contribution in [0.1, 0.15) is 30.0 Å². The van der Waals surface area contributed by atoms with Crippen LogP contribution in [0, 0.1) is 12.7 Å². The highest BCUT2D eigenvalue weighted by atomic mass is 19.1. The molecule has 0 radical (unpaired) electrons. The lowest BCUT2D eigenvalue weighted by Crippen LogP contribution is -2.36. The average Bonchev–Trinajstić information content (AvgIpc) is 3.12. The Balaban J connectivity index is 1.69. The molecule has 1 saturated heterocycles. The number of fused-ring (bicyclic) bond motifs is 1. The van der Waals surface area contributed by atoms with E-state index in [1.807, 2.05) is 19.9 Å². The number of carbonyl (C=O) groups is 1. The van der Waals surface area contributed by atoms with Crippen LogP contribution in [0.25, 0.3) is 11.0 Å². The van der Waals surface area contributed by atoms with Crippen LogP contribution < -0.4 is 19.7 Å². The Bertz CT molecular complexity index is 1120. The number of halogens is 1. The van der Waals surface area contributed by atoms with Crippen molar-refractivity contribution in [2.24, 2.45) is 0 Å². The Kier molecular flexibility index (Phi) is 6.50. The first-order chi connectivity index (χ1) is 15.5. The average molecular weight is 442 g/mol. The molecule has 0 spiro atoms. The largest absolute Gasteiger partial charge is 0.492 e. The molecule has 1 aromatic heterocycles. The predicted molar refractivity (Wildman–Crippen MR) is 121 cm³/mol. The summed E-state index contributed by atoms with van der Waals surface area (Å²) in [5.74, 6) is 0.485. The van der Waals surface area contributed by atoms with Gasteiger partial charge in [0.15, 0.2) is 5.76 Å². The number of anilines is 2. The second-order valence-corrected chi connectivity index (χ2v) is 7.43. The van der Waals surface area contributed by atoms with Crippen LogP contribution in [0.3, 0.4) is 0 Å². The molecule has 1 N–H and O–H groups in total. The van der Waals surface area contributed by atoms with Crippen LogP contribution in [0.4, 0.5) is 15.8 Å². The third kappa shape index (κ3) is 4.36. The van der Waals surface area contributed by atoms with Gasteiger partial charge in [0.05, 0.1) is 37.8 Å². The first kappa shape index (κ1) is 22.0.